The van der Waals surface area contributed by atoms with E-state index in [0.29, 0.717) is 17.2 Å². The van der Waals surface area contributed by atoms with Gasteiger partial charge in [-0.3, -0.25) is 4.79 Å². The lowest BCUT2D eigenvalue weighted by Crippen LogP contribution is -2.41. The molecule has 1 atom stereocenters. The number of rotatable bonds is 3. The maximum Gasteiger partial charge on any atom is 0.340 e. The van der Waals surface area contributed by atoms with E-state index in [2.05, 4.69) is 5.32 Å². The number of hydrogen-bond donors (Lipinski definition) is 1. The minimum atomic E-state index is -0.597. The average Bonchev–Trinajstić information content (AvgIpc) is 2.44. The Labute approximate surface area is 117 Å². The number of methoxy groups -OCH3 is 2. The van der Waals surface area contributed by atoms with Gasteiger partial charge in [0, 0.05) is 6.07 Å². The Bertz CT molecular complexity index is 553. The summed E-state index contributed by atoms with van der Waals surface area (Å²) in [6.45, 7) is 3.77. The topological polar surface area (TPSA) is 73.9 Å². The zero-order valence-corrected chi connectivity index (χ0v) is 11.9. The Morgan fingerprint density at radius 2 is 2.05 bits per heavy atom. The number of anilines is 1. The molecule has 1 aromatic carbocycles. The molecule has 1 aromatic rings. The molecule has 0 aliphatic carbocycles. The van der Waals surface area contributed by atoms with Crippen LogP contribution < -0.4 is 14.8 Å². The first-order chi connectivity index (χ1) is 9.47. The molecule has 108 valence electrons. The molecule has 6 nitrogen and oxygen atoms in total. The molecule has 0 aromatic heterocycles. The van der Waals surface area contributed by atoms with E-state index in [-0.39, 0.29) is 17.4 Å². The normalized spacial score (nSPS) is 17.1. The van der Waals surface area contributed by atoms with E-state index in [0.717, 1.165) is 0 Å². The SMILES string of the molecule is COC(=O)c1cc(OC)cc2c1NC(=O)C(C(C)C)O2. The van der Waals surface area contributed by atoms with Gasteiger partial charge in [-0.1, -0.05) is 13.8 Å². The van der Waals surface area contributed by atoms with Crippen molar-refractivity contribution in [3.63, 3.8) is 0 Å². The van der Waals surface area contributed by atoms with Gasteiger partial charge in [-0.15, -0.1) is 0 Å². The second-order valence-electron chi connectivity index (χ2n) is 4.81. The minimum absolute atomic E-state index is 0.0101. The average molecular weight is 279 g/mol. The Balaban J connectivity index is 2.52. The number of hydrogen-bond acceptors (Lipinski definition) is 5. The highest BCUT2D eigenvalue weighted by Gasteiger charge is 2.33. The van der Waals surface area contributed by atoms with Crippen LogP contribution in [0.3, 0.4) is 0 Å². The highest BCUT2D eigenvalue weighted by molar-refractivity contribution is 6.06. The van der Waals surface area contributed by atoms with E-state index in [4.69, 9.17) is 14.2 Å². The van der Waals surface area contributed by atoms with E-state index in [9.17, 15) is 9.59 Å². The smallest absolute Gasteiger partial charge is 0.340 e. The fourth-order valence-electron chi connectivity index (χ4n) is 2.02. The number of ether oxygens (including phenoxy) is 3. The summed E-state index contributed by atoms with van der Waals surface area (Å²) in [4.78, 5) is 23.8. The molecular weight excluding hydrogens is 262 g/mol. The van der Waals surface area contributed by atoms with Crippen LogP contribution in [0.2, 0.25) is 0 Å². The summed E-state index contributed by atoms with van der Waals surface area (Å²) >= 11 is 0. The highest BCUT2D eigenvalue weighted by atomic mass is 16.5. The fourth-order valence-corrected chi connectivity index (χ4v) is 2.02. The molecule has 1 unspecified atom stereocenters. The number of benzene rings is 1. The van der Waals surface area contributed by atoms with E-state index in [1.54, 1.807) is 6.07 Å². The van der Waals surface area contributed by atoms with E-state index < -0.39 is 12.1 Å². The molecule has 1 aliphatic rings. The predicted octanol–water partition coefficient (Wildman–Crippen LogP) is 1.84. The van der Waals surface area contributed by atoms with Crippen molar-refractivity contribution in [1.82, 2.24) is 0 Å². The van der Waals surface area contributed by atoms with E-state index in [1.807, 2.05) is 13.8 Å². The van der Waals surface area contributed by atoms with Gasteiger partial charge < -0.3 is 19.5 Å². The molecule has 0 saturated heterocycles. The van der Waals surface area contributed by atoms with Crippen LogP contribution in [0.15, 0.2) is 12.1 Å². The number of nitrogens with one attached hydrogen (secondary N) is 1. The molecule has 0 radical (unpaired) electrons. The first kappa shape index (κ1) is 14.2. The molecule has 1 heterocycles. The zero-order chi connectivity index (χ0) is 14.9. The third kappa shape index (κ3) is 2.41. The van der Waals surface area contributed by atoms with Crippen molar-refractivity contribution in [1.29, 1.82) is 0 Å². The lowest BCUT2D eigenvalue weighted by Gasteiger charge is -2.29. The first-order valence-electron chi connectivity index (χ1n) is 6.25. The van der Waals surface area contributed by atoms with Gasteiger partial charge in [-0.05, 0) is 12.0 Å². The predicted molar refractivity (Wildman–Crippen MR) is 72.2 cm³/mol. The molecule has 2 rings (SSSR count). The summed E-state index contributed by atoms with van der Waals surface area (Å²) < 4.78 is 15.5. The van der Waals surface area contributed by atoms with Crippen molar-refractivity contribution in [2.75, 3.05) is 19.5 Å². The van der Waals surface area contributed by atoms with Crippen molar-refractivity contribution in [3.05, 3.63) is 17.7 Å². The molecule has 0 spiro atoms. The van der Waals surface area contributed by atoms with Crippen LogP contribution in [-0.2, 0) is 9.53 Å². The number of carbonyl (C=O) groups excluding carboxylic acids is 2. The van der Waals surface area contributed by atoms with Gasteiger partial charge in [-0.2, -0.15) is 0 Å². The molecule has 0 saturated carbocycles. The van der Waals surface area contributed by atoms with Crippen LogP contribution in [0, 0.1) is 5.92 Å². The summed E-state index contributed by atoms with van der Waals surface area (Å²) in [6.07, 6.45) is -0.597. The van der Waals surface area contributed by atoms with Crippen LogP contribution in [0.5, 0.6) is 11.5 Å². The molecule has 6 heteroatoms. The number of amides is 1. The molecule has 0 bridgehead atoms. The summed E-state index contributed by atoms with van der Waals surface area (Å²) in [5.74, 6) is 0.0386. The fraction of sp³-hybridized carbons (Fsp3) is 0.429. The molecular formula is C14H17NO5. The second-order valence-corrected chi connectivity index (χ2v) is 4.81. The maximum absolute atomic E-state index is 12.0. The van der Waals surface area contributed by atoms with Gasteiger partial charge in [-0.25, -0.2) is 4.79 Å². The van der Waals surface area contributed by atoms with Crippen molar-refractivity contribution >= 4 is 17.6 Å². The van der Waals surface area contributed by atoms with Crippen molar-refractivity contribution in [2.24, 2.45) is 5.92 Å². The Morgan fingerprint density at radius 3 is 2.60 bits per heavy atom. The standard InChI is InChI=1S/C14H17NO5/c1-7(2)12-13(16)15-11-9(14(17)19-4)5-8(18-3)6-10(11)20-12/h5-7,12H,1-4H3,(H,15,16). The molecule has 20 heavy (non-hydrogen) atoms. The van der Waals surface area contributed by atoms with Gasteiger partial charge in [0.1, 0.15) is 11.5 Å². The first-order valence-corrected chi connectivity index (χ1v) is 6.25. The lowest BCUT2D eigenvalue weighted by molar-refractivity contribution is -0.125. The van der Waals surface area contributed by atoms with Crippen LogP contribution in [0.4, 0.5) is 5.69 Å². The minimum Gasteiger partial charge on any atom is -0.497 e. The van der Waals surface area contributed by atoms with Gasteiger partial charge in [0.25, 0.3) is 5.91 Å². The van der Waals surface area contributed by atoms with Crippen LogP contribution in [0.1, 0.15) is 24.2 Å². The van der Waals surface area contributed by atoms with Crippen LogP contribution in [-0.4, -0.2) is 32.2 Å². The third-order valence-corrected chi connectivity index (χ3v) is 3.08. The molecule has 0 fully saturated rings. The van der Waals surface area contributed by atoms with Gasteiger partial charge in [0.05, 0.1) is 25.5 Å². The Morgan fingerprint density at radius 1 is 1.35 bits per heavy atom. The molecule has 1 N–H and O–H groups in total. The highest BCUT2D eigenvalue weighted by Crippen LogP contribution is 2.38. The quantitative estimate of drug-likeness (QED) is 0.854. The summed E-state index contributed by atoms with van der Waals surface area (Å²) in [6, 6.07) is 3.14. The number of fused-ring (bicyclic) bond motifs is 1. The number of esters is 1. The van der Waals surface area contributed by atoms with E-state index >= 15 is 0 Å². The van der Waals surface area contributed by atoms with Crippen LogP contribution in [0.25, 0.3) is 0 Å². The van der Waals surface area contributed by atoms with Crippen LogP contribution >= 0.6 is 0 Å². The van der Waals surface area contributed by atoms with Gasteiger partial charge in [0.2, 0.25) is 0 Å². The molecule has 1 amide bonds. The maximum atomic E-state index is 12.0. The summed E-state index contributed by atoms with van der Waals surface area (Å²) in [5, 5.41) is 2.71. The lowest BCUT2D eigenvalue weighted by atomic mass is 10.0. The summed E-state index contributed by atoms with van der Waals surface area (Å²) in [7, 11) is 2.76. The third-order valence-electron chi connectivity index (χ3n) is 3.08. The Hall–Kier alpha value is -2.24. The zero-order valence-electron chi connectivity index (χ0n) is 11.9. The molecule has 1 aliphatic heterocycles. The van der Waals surface area contributed by atoms with Crippen molar-refractivity contribution in [3.8, 4) is 11.5 Å². The van der Waals surface area contributed by atoms with Gasteiger partial charge >= 0.3 is 5.97 Å². The Kier molecular flexibility index (Phi) is 3.83. The number of carbonyl (C=O) groups is 2. The largest absolute Gasteiger partial charge is 0.497 e. The van der Waals surface area contributed by atoms with E-state index in [1.165, 1.54) is 20.3 Å². The second kappa shape index (κ2) is 5.40. The van der Waals surface area contributed by atoms with Crippen molar-refractivity contribution in [2.45, 2.75) is 20.0 Å². The van der Waals surface area contributed by atoms with Gasteiger partial charge in [0.15, 0.2) is 6.10 Å². The summed E-state index contributed by atoms with van der Waals surface area (Å²) in [5.41, 5.74) is 0.525. The van der Waals surface area contributed by atoms with Crippen molar-refractivity contribution < 1.29 is 23.8 Å². The monoisotopic (exact) mass is 279 g/mol.